The first-order valence-corrected chi connectivity index (χ1v) is 11.6. The zero-order chi connectivity index (χ0) is 24.9. The van der Waals surface area contributed by atoms with E-state index in [-0.39, 0.29) is 24.2 Å². The number of guanidine groups is 1. The second-order valence-corrected chi connectivity index (χ2v) is 8.06. The van der Waals surface area contributed by atoms with Crippen molar-refractivity contribution in [3.8, 4) is 11.5 Å². The quantitative estimate of drug-likeness (QED) is 0.327. The highest BCUT2D eigenvalue weighted by atomic mass is 16.5. The predicted octanol–water partition coefficient (Wildman–Crippen LogP) is 2.84. The fraction of sp³-hybridized carbons (Fsp3) is 0.423. The van der Waals surface area contributed by atoms with Crippen molar-refractivity contribution in [3.63, 3.8) is 0 Å². The molecule has 0 aliphatic rings. The van der Waals surface area contributed by atoms with E-state index in [0.717, 1.165) is 24.0 Å². The highest BCUT2D eigenvalue weighted by molar-refractivity contribution is 5.98. The van der Waals surface area contributed by atoms with Crippen LogP contribution in [0.5, 0.6) is 11.5 Å². The topological polar surface area (TPSA) is 115 Å². The van der Waals surface area contributed by atoms with Crippen LogP contribution in [0.15, 0.2) is 53.5 Å². The highest BCUT2D eigenvalue weighted by Gasteiger charge is 2.20. The molecule has 2 aromatic rings. The van der Waals surface area contributed by atoms with Gasteiger partial charge >= 0.3 is 0 Å². The number of nitrogens with one attached hydrogen (secondary N) is 2. The lowest BCUT2D eigenvalue weighted by Crippen LogP contribution is -2.42. The van der Waals surface area contributed by atoms with Crippen LogP contribution < -0.4 is 25.8 Å². The molecule has 4 N–H and O–H groups in total. The zero-order valence-electron chi connectivity index (χ0n) is 20.5. The van der Waals surface area contributed by atoms with Crippen molar-refractivity contribution in [1.29, 1.82) is 0 Å². The summed E-state index contributed by atoms with van der Waals surface area (Å²) in [4.78, 5) is 29.8. The van der Waals surface area contributed by atoms with Crippen LogP contribution in [0.2, 0.25) is 0 Å². The summed E-state index contributed by atoms with van der Waals surface area (Å²) >= 11 is 0. The van der Waals surface area contributed by atoms with Gasteiger partial charge in [0.15, 0.2) is 17.5 Å². The first kappa shape index (κ1) is 26.7. The number of carbonyl (C=O) groups excluding carboxylic acids is 2. The second-order valence-electron chi connectivity index (χ2n) is 8.06. The number of carbonyl (C=O) groups is 2. The summed E-state index contributed by atoms with van der Waals surface area (Å²) in [6.45, 7) is 4.79. The molecule has 0 fully saturated rings. The second kappa shape index (κ2) is 13.9. The molecule has 2 rings (SSSR count). The normalized spacial score (nSPS) is 12.2. The Balaban J connectivity index is 2.09. The van der Waals surface area contributed by atoms with E-state index >= 15 is 0 Å². The molecule has 0 aromatic heterocycles. The molecule has 0 spiro atoms. The van der Waals surface area contributed by atoms with Crippen molar-refractivity contribution >= 4 is 17.8 Å². The number of rotatable bonds is 12. The molecule has 8 nitrogen and oxygen atoms in total. The number of nitrogens with two attached hydrogens (primary N) is 1. The van der Waals surface area contributed by atoms with Crippen molar-refractivity contribution < 1.29 is 19.1 Å². The van der Waals surface area contributed by atoms with Gasteiger partial charge in [-0.3, -0.25) is 14.9 Å². The third-order valence-corrected chi connectivity index (χ3v) is 5.67. The summed E-state index contributed by atoms with van der Waals surface area (Å²) in [5, 5.41) is 5.58. The Morgan fingerprint density at radius 1 is 0.971 bits per heavy atom. The predicted molar refractivity (Wildman–Crippen MR) is 134 cm³/mol. The molecule has 184 valence electrons. The lowest BCUT2D eigenvalue weighted by molar-refractivity contribution is -0.122. The summed E-state index contributed by atoms with van der Waals surface area (Å²) in [5.41, 5.74) is 7.71. The highest BCUT2D eigenvalue weighted by Crippen LogP contribution is 2.27. The number of ether oxygens (including phenoxy) is 2. The van der Waals surface area contributed by atoms with Gasteiger partial charge in [0.05, 0.1) is 20.6 Å². The molecule has 8 heteroatoms. The summed E-state index contributed by atoms with van der Waals surface area (Å²) in [6.07, 6.45) is 2.41. The lowest BCUT2D eigenvalue weighted by Gasteiger charge is -2.18. The molecule has 0 bridgehead atoms. The maximum absolute atomic E-state index is 12.9. The number of hydrogen-bond donors (Lipinski definition) is 3. The van der Waals surface area contributed by atoms with Crippen molar-refractivity contribution in [2.75, 3.05) is 20.8 Å². The third-order valence-electron chi connectivity index (χ3n) is 5.67. The van der Waals surface area contributed by atoms with Crippen molar-refractivity contribution in [1.82, 2.24) is 10.6 Å². The van der Waals surface area contributed by atoms with Crippen LogP contribution in [-0.4, -0.2) is 44.6 Å². The van der Waals surface area contributed by atoms with Crippen LogP contribution >= 0.6 is 0 Å². The third kappa shape index (κ3) is 8.42. The Morgan fingerprint density at radius 3 is 2.26 bits per heavy atom. The summed E-state index contributed by atoms with van der Waals surface area (Å²) in [5.74, 6) is 0.868. The Hall–Kier alpha value is -3.55. The largest absolute Gasteiger partial charge is 0.493 e. The van der Waals surface area contributed by atoms with Gasteiger partial charge in [0.2, 0.25) is 11.8 Å². The molecule has 2 amide bonds. The van der Waals surface area contributed by atoms with Crippen LogP contribution in [0.3, 0.4) is 0 Å². The van der Waals surface area contributed by atoms with Gasteiger partial charge in [0.25, 0.3) is 0 Å². The molecular formula is C26H36N4O4. The van der Waals surface area contributed by atoms with Crippen molar-refractivity contribution in [3.05, 3.63) is 59.7 Å². The zero-order valence-corrected chi connectivity index (χ0v) is 20.5. The smallest absolute Gasteiger partial charge is 0.245 e. The van der Waals surface area contributed by atoms with Crippen molar-refractivity contribution in [2.24, 2.45) is 16.6 Å². The van der Waals surface area contributed by atoms with E-state index in [4.69, 9.17) is 15.2 Å². The van der Waals surface area contributed by atoms with E-state index in [2.05, 4.69) is 29.5 Å². The molecule has 0 radical (unpaired) electrons. The summed E-state index contributed by atoms with van der Waals surface area (Å²) in [6, 6.07) is 14.1. The van der Waals surface area contributed by atoms with E-state index in [1.165, 1.54) is 7.11 Å². The SMILES string of the molecule is CCC(CC)CNC(=O)C(Cc1ccccc1)N=C(N)NC(=O)Cc1ccc(OC)c(OC)c1. The van der Waals surface area contributed by atoms with Gasteiger partial charge < -0.3 is 20.5 Å². The van der Waals surface area contributed by atoms with Crippen molar-refractivity contribution in [2.45, 2.75) is 45.6 Å². The van der Waals surface area contributed by atoms with Crippen LogP contribution in [0.4, 0.5) is 0 Å². The van der Waals surface area contributed by atoms with Gasteiger partial charge in [-0.05, 0) is 29.2 Å². The first-order chi connectivity index (χ1) is 16.4. The molecule has 1 atom stereocenters. The minimum Gasteiger partial charge on any atom is -0.493 e. The maximum atomic E-state index is 12.9. The minimum atomic E-state index is -0.752. The maximum Gasteiger partial charge on any atom is 0.245 e. The number of benzene rings is 2. The van der Waals surface area contributed by atoms with Crippen LogP contribution in [0.25, 0.3) is 0 Å². The molecule has 0 saturated heterocycles. The molecule has 2 aromatic carbocycles. The van der Waals surface area contributed by atoms with Gasteiger partial charge in [0.1, 0.15) is 6.04 Å². The van der Waals surface area contributed by atoms with E-state index in [1.54, 1.807) is 25.3 Å². The average molecular weight is 469 g/mol. The number of amides is 2. The number of aliphatic imine (C=N–C) groups is 1. The van der Waals surface area contributed by atoms with Gasteiger partial charge in [0, 0.05) is 13.0 Å². The monoisotopic (exact) mass is 468 g/mol. The van der Waals surface area contributed by atoms with E-state index < -0.39 is 6.04 Å². The van der Waals surface area contributed by atoms with Crippen LogP contribution in [0.1, 0.15) is 37.8 Å². The molecule has 0 aliphatic carbocycles. The average Bonchev–Trinajstić information content (AvgIpc) is 2.84. The molecule has 1 unspecified atom stereocenters. The first-order valence-electron chi connectivity index (χ1n) is 11.6. The Kier molecular flexibility index (Phi) is 10.9. The number of nitrogens with zero attached hydrogens (tertiary/aromatic N) is 1. The van der Waals surface area contributed by atoms with Gasteiger partial charge in [-0.2, -0.15) is 0 Å². The molecule has 34 heavy (non-hydrogen) atoms. The molecular weight excluding hydrogens is 432 g/mol. The molecule has 0 heterocycles. The van der Waals surface area contributed by atoms with E-state index in [1.807, 2.05) is 30.3 Å². The number of hydrogen-bond acceptors (Lipinski definition) is 5. The Bertz CT molecular complexity index is 959. The fourth-order valence-electron chi connectivity index (χ4n) is 3.54. The van der Waals surface area contributed by atoms with E-state index in [9.17, 15) is 9.59 Å². The van der Waals surface area contributed by atoms with Gasteiger partial charge in [-0.25, -0.2) is 4.99 Å². The Morgan fingerprint density at radius 2 is 1.65 bits per heavy atom. The van der Waals surface area contributed by atoms with Crippen LogP contribution in [0, 0.1) is 5.92 Å². The molecule has 0 saturated carbocycles. The summed E-state index contributed by atoms with van der Waals surface area (Å²) in [7, 11) is 3.08. The van der Waals surface area contributed by atoms with Gasteiger partial charge in [-0.1, -0.05) is 63.1 Å². The Labute approximate surface area is 201 Å². The fourth-order valence-corrected chi connectivity index (χ4v) is 3.54. The number of methoxy groups -OCH3 is 2. The minimum absolute atomic E-state index is 0.0702. The lowest BCUT2D eigenvalue weighted by atomic mass is 10.0. The van der Waals surface area contributed by atoms with Crippen LogP contribution in [-0.2, 0) is 22.4 Å². The van der Waals surface area contributed by atoms with E-state index in [0.29, 0.717) is 30.4 Å². The summed E-state index contributed by atoms with van der Waals surface area (Å²) < 4.78 is 10.5. The molecule has 0 aliphatic heterocycles. The standard InChI is InChI=1S/C26H36N4O4/c1-5-18(6-2)17-28-25(32)21(14-19-10-8-7-9-11-19)29-26(27)30-24(31)16-20-12-13-22(33-3)23(15-20)34-4/h7-13,15,18,21H,5-6,14,16-17H2,1-4H3,(H,28,32)(H3,27,29,30,31). The van der Waals surface area contributed by atoms with Gasteiger partial charge in [-0.15, -0.1) is 0 Å².